The lowest BCUT2D eigenvalue weighted by molar-refractivity contribution is -0.135. The molecule has 2 aromatic rings. The van der Waals surface area contributed by atoms with Crippen molar-refractivity contribution in [2.24, 2.45) is 5.10 Å². The maximum atomic E-state index is 12.7. The Kier molecular flexibility index (Phi) is 6.57. The molecule has 2 aliphatic rings. The number of carbonyl (C=O) groups excluding carboxylic acids is 2. The second-order valence-electron chi connectivity index (χ2n) is 6.94. The van der Waals surface area contributed by atoms with Crippen molar-refractivity contribution >= 4 is 51.9 Å². The third-order valence-corrected chi connectivity index (χ3v) is 7.87. The van der Waals surface area contributed by atoms with Gasteiger partial charge in [-0.3, -0.25) is 0 Å². The number of benzene rings is 2. The summed E-state index contributed by atoms with van der Waals surface area (Å²) in [6.45, 7) is 3.82. The molecule has 8 nitrogen and oxygen atoms in total. The highest BCUT2D eigenvalue weighted by Crippen LogP contribution is 2.61. The molecular formula is C23H23N3O5S2. The normalized spacial score (nSPS) is 19.7. The maximum absolute atomic E-state index is 12.7. The summed E-state index contributed by atoms with van der Waals surface area (Å²) in [7, 11) is 2.92. The Bertz CT molecular complexity index is 1140. The zero-order valence-electron chi connectivity index (χ0n) is 18.6. The molecule has 0 aliphatic carbocycles. The summed E-state index contributed by atoms with van der Waals surface area (Å²) in [5.74, 6) is -0.415. The summed E-state index contributed by atoms with van der Waals surface area (Å²) in [4.78, 5) is 27.9. The van der Waals surface area contributed by atoms with Crippen LogP contribution in [0.4, 0.5) is 11.4 Å². The van der Waals surface area contributed by atoms with Crippen LogP contribution in [0.25, 0.3) is 0 Å². The third-order valence-electron chi connectivity index (χ3n) is 5.02. The molecule has 0 aromatic heterocycles. The van der Waals surface area contributed by atoms with Gasteiger partial charge in [0.2, 0.25) is 9.37 Å². The van der Waals surface area contributed by atoms with Crippen molar-refractivity contribution in [1.29, 1.82) is 0 Å². The van der Waals surface area contributed by atoms with E-state index in [0.29, 0.717) is 22.0 Å². The molecule has 33 heavy (non-hydrogen) atoms. The lowest BCUT2D eigenvalue weighted by atomic mass is 10.2. The topological polar surface area (TPSA) is 80.7 Å². The molecule has 0 radical (unpaired) electrons. The van der Waals surface area contributed by atoms with E-state index in [-0.39, 0.29) is 11.7 Å². The van der Waals surface area contributed by atoms with Crippen LogP contribution in [0.3, 0.4) is 0 Å². The third kappa shape index (κ3) is 3.93. The van der Waals surface area contributed by atoms with Gasteiger partial charge in [-0.2, -0.15) is 5.10 Å². The standard InChI is InChI=1S/C23H23N3O5S2/c1-5-31-22(28)20-24-26(17-13-9-10-14-18(17)29-3)23(33-20)25(16-11-7-6-8-12-16)15(2)19(32-23)21(27)30-4/h6-14H,5H2,1-4H3/t23-/m1/s1. The molecule has 1 atom stereocenters. The number of hydrogen-bond acceptors (Lipinski definition) is 10. The molecule has 2 aliphatic heterocycles. The first kappa shape index (κ1) is 23.1. The van der Waals surface area contributed by atoms with Crippen LogP contribution in [0, 0.1) is 0 Å². The number of hydrazone groups is 1. The van der Waals surface area contributed by atoms with Gasteiger partial charge in [-0.15, -0.1) is 0 Å². The van der Waals surface area contributed by atoms with E-state index in [2.05, 4.69) is 5.10 Å². The molecule has 10 heteroatoms. The molecule has 4 rings (SSSR count). The van der Waals surface area contributed by atoms with Crippen molar-refractivity contribution in [3.05, 3.63) is 65.2 Å². The summed E-state index contributed by atoms with van der Waals surface area (Å²) in [5, 5.41) is 6.55. The quantitative estimate of drug-likeness (QED) is 0.553. The minimum atomic E-state index is -1.06. The van der Waals surface area contributed by atoms with E-state index in [0.717, 1.165) is 5.69 Å². The van der Waals surface area contributed by atoms with Crippen LogP contribution in [-0.2, 0) is 19.1 Å². The molecule has 1 spiro atoms. The van der Waals surface area contributed by atoms with Crippen molar-refractivity contribution in [1.82, 2.24) is 0 Å². The highest BCUT2D eigenvalue weighted by molar-refractivity contribution is 8.29. The summed E-state index contributed by atoms with van der Waals surface area (Å²) >= 11 is 2.48. The van der Waals surface area contributed by atoms with E-state index in [4.69, 9.17) is 14.2 Å². The van der Waals surface area contributed by atoms with Gasteiger partial charge in [-0.1, -0.05) is 42.1 Å². The number of methoxy groups -OCH3 is 2. The number of para-hydroxylation sites is 3. The molecule has 0 unspecified atom stereocenters. The minimum Gasteiger partial charge on any atom is -0.495 e. The van der Waals surface area contributed by atoms with Crippen LogP contribution in [-0.4, -0.2) is 42.1 Å². The summed E-state index contributed by atoms with van der Waals surface area (Å²) in [6, 6.07) is 17.0. The van der Waals surface area contributed by atoms with E-state index in [1.807, 2.05) is 66.4 Å². The minimum absolute atomic E-state index is 0.176. The van der Waals surface area contributed by atoms with Gasteiger partial charge in [-0.05, 0) is 49.9 Å². The summed E-state index contributed by atoms with van der Waals surface area (Å²) < 4.78 is 14.8. The predicted octanol–water partition coefficient (Wildman–Crippen LogP) is 4.39. The molecule has 2 aromatic carbocycles. The molecule has 0 fully saturated rings. The van der Waals surface area contributed by atoms with Crippen molar-refractivity contribution in [2.45, 2.75) is 18.2 Å². The van der Waals surface area contributed by atoms with Crippen molar-refractivity contribution in [2.75, 3.05) is 30.7 Å². The fraction of sp³-hybridized carbons (Fsp3) is 0.261. The van der Waals surface area contributed by atoms with E-state index >= 15 is 0 Å². The first-order valence-corrected chi connectivity index (χ1v) is 11.8. The van der Waals surface area contributed by atoms with Gasteiger partial charge < -0.3 is 19.1 Å². The SMILES string of the molecule is CCOC(=O)C1=NN(c2ccccc2OC)[C@@]2(S1)SC(C(=O)OC)=C(C)N2c1ccccc1. The number of hydrogen-bond donors (Lipinski definition) is 0. The molecule has 172 valence electrons. The summed E-state index contributed by atoms with van der Waals surface area (Å²) in [6.07, 6.45) is 0. The lowest BCUT2D eigenvalue weighted by Gasteiger charge is -2.41. The maximum Gasteiger partial charge on any atom is 0.365 e. The van der Waals surface area contributed by atoms with Crippen LogP contribution >= 0.6 is 23.5 Å². The monoisotopic (exact) mass is 485 g/mol. The predicted molar refractivity (Wildman–Crippen MR) is 131 cm³/mol. The average Bonchev–Trinajstić information content (AvgIpc) is 3.36. The number of rotatable bonds is 6. The van der Waals surface area contributed by atoms with Crippen LogP contribution in [0.1, 0.15) is 13.8 Å². The first-order valence-electron chi connectivity index (χ1n) is 10.2. The van der Waals surface area contributed by atoms with Gasteiger partial charge in [0.05, 0.1) is 20.8 Å². The molecule has 0 N–H and O–H groups in total. The second-order valence-corrected chi connectivity index (χ2v) is 9.54. The number of esters is 2. The fourth-order valence-electron chi connectivity index (χ4n) is 3.62. The molecule has 0 saturated heterocycles. The van der Waals surface area contributed by atoms with Gasteiger partial charge in [0.25, 0.3) is 0 Å². The van der Waals surface area contributed by atoms with Gasteiger partial charge in [0.1, 0.15) is 16.3 Å². The Morgan fingerprint density at radius 1 is 1.00 bits per heavy atom. The van der Waals surface area contributed by atoms with E-state index in [1.54, 1.807) is 19.0 Å². The van der Waals surface area contributed by atoms with Crippen LogP contribution < -0.4 is 14.6 Å². The number of ether oxygens (including phenoxy) is 3. The van der Waals surface area contributed by atoms with Gasteiger partial charge in [0, 0.05) is 11.4 Å². The number of allylic oxidation sites excluding steroid dienone is 1. The Morgan fingerprint density at radius 3 is 2.36 bits per heavy atom. The smallest absolute Gasteiger partial charge is 0.365 e. The van der Waals surface area contributed by atoms with Gasteiger partial charge in [0.15, 0.2) is 0 Å². The number of nitrogens with zero attached hydrogens (tertiary/aromatic N) is 3. The van der Waals surface area contributed by atoms with Gasteiger partial charge >= 0.3 is 11.9 Å². The van der Waals surface area contributed by atoms with Crippen molar-refractivity contribution in [3.8, 4) is 5.75 Å². The van der Waals surface area contributed by atoms with Crippen molar-refractivity contribution < 1.29 is 23.8 Å². The van der Waals surface area contributed by atoms with E-state index in [1.165, 1.54) is 30.6 Å². The van der Waals surface area contributed by atoms with E-state index < -0.39 is 16.3 Å². The number of thioether (sulfide) groups is 2. The highest BCUT2D eigenvalue weighted by atomic mass is 32.2. The Labute approximate surface area is 200 Å². The molecule has 2 heterocycles. The van der Waals surface area contributed by atoms with E-state index in [9.17, 15) is 9.59 Å². The average molecular weight is 486 g/mol. The summed E-state index contributed by atoms with van der Waals surface area (Å²) in [5.41, 5.74) is 2.15. The van der Waals surface area contributed by atoms with Crippen LogP contribution in [0.5, 0.6) is 5.75 Å². The largest absolute Gasteiger partial charge is 0.495 e. The first-order chi connectivity index (χ1) is 16.0. The Hall–Kier alpha value is -3.11. The number of carbonyl (C=O) groups is 2. The molecule has 0 saturated carbocycles. The number of anilines is 2. The fourth-order valence-corrected chi connectivity index (χ4v) is 6.58. The van der Waals surface area contributed by atoms with Crippen LogP contribution in [0.2, 0.25) is 0 Å². The Balaban J connectivity index is 1.93. The molecule has 0 bridgehead atoms. The van der Waals surface area contributed by atoms with Crippen molar-refractivity contribution in [3.63, 3.8) is 0 Å². The second kappa shape index (κ2) is 9.40. The van der Waals surface area contributed by atoms with Crippen LogP contribution in [0.15, 0.2) is 70.3 Å². The van der Waals surface area contributed by atoms with Gasteiger partial charge in [-0.25, -0.2) is 14.6 Å². The highest BCUT2D eigenvalue weighted by Gasteiger charge is 2.59. The zero-order chi connectivity index (χ0) is 23.6. The Morgan fingerprint density at radius 2 is 1.70 bits per heavy atom. The lowest BCUT2D eigenvalue weighted by Crippen LogP contribution is -2.49. The molecule has 0 amide bonds. The molecular weight excluding hydrogens is 462 g/mol. The zero-order valence-corrected chi connectivity index (χ0v) is 20.2.